The van der Waals surface area contributed by atoms with Gasteiger partial charge in [0.15, 0.2) is 5.78 Å². The first-order valence-electron chi connectivity index (χ1n) is 3.39. The summed E-state index contributed by atoms with van der Waals surface area (Å²) >= 11 is 0. The number of aromatic hydroxyl groups is 1. The Morgan fingerprint density at radius 2 is 2.00 bits per heavy atom. The van der Waals surface area contributed by atoms with Crippen LogP contribution in [0.5, 0.6) is 5.75 Å². The van der Waals surface area contributed by atoms with E-state index in [2.05, 4.69) is 0 Å². The van der Waals surface area contributed by atoms with Gasteiger partial charge in [-0.05, 0) is 12.1 Å². The van der Waals surface area contributed by atoms with Crippen LogP contribution < -0.4 is 0 Å². The second kappa shape index (κ2) is 3.57. The van der Waals surface area contributed by atoms with E-state index in [1.807, 2.05) is 0 Å². The van der Waals surface area contributed by atoms with Crippen LogP contribution in [0.1, 0.15) is 10.4 Å². The molecule has 0 saturated carbocycles. The van der Waals surface area contributed by atoms with Crippen molar-refractivity contribution in [2.45, 2.75) is 0 Å². The molecule has 1 rings (SSSR count). The summed E-state index contributed by atoms with van der Waals surface area (Å²) in [4.78, 5) is 11.1. The Bertz CT molecular complexity index is 315. The Labute approximate surface area is 69.6 Å². The van der Waals surface area contributed by atoms with E-state index in [0.717, 1.165) is 6.08 Å². The fourth-order valence-corrected chi connectivity index (χ4v) is 0.839. The number of phenolic OH excluding ortho intramolecular Hbond substituents is 1. The Morgan fingerprint density at radius 3 is 2.58 bits per heavy atom. The van der Waals surface area contributed by atoms with Crippen molar-refractivity contribution in [3.63, 3.8) is 0 Å². The van der Waals surface area contributed by atoms with Crippen LogP contribution in [0.3, 0.4) is 0 Å². The summed E-state index contributed by atoms with van der Waals surface area (Å²) in [5.41, 5.74) is 0.183. The van der Waals surface area contributed by atoms with Crippen LogP contribution in [0.4, 0.5) is 0 Å². The normalized spacial score (nSPS) is 10.3. The fraction of sp³-hybridized carbons (Fsp3) is 0. The Kier molecular flexibility index (Phi) is 2.48. The van der Waals surface area contributed by atoms with E-state index >= 15 is 0 Å². The molecule has 0 saturated heterocycles. The van der Waals surface area contributed by atoms with E-state index < -0.39 is 5.78 Å². The summed E-state index contributed by atoms with van der Waals surface area (Å²) in [7, 11) is 0. The average Bonchev–Trinajstić information content (AvgIpc) is 2.05. The SMILES string of the molecule is O=C(C=CO)c1ccccc1O. The van der Waals surface area contributed by atoms with Crippen LogP contribution in [0, 0.1) is 0 Å². The zero-order valence-corrected chi connectivity index (χ0v) is 6.27. The fourth-order valence-electron chi connectivity index (χ4n) is 0.839. The van der Waals surface area contributed by atoms with Crippen molar-refractivity contribution < 1.29 is 15.0 Å². The van der Waals surface area contributed by atoms with Gasteiger partial charge >= 0.3 is 0 Å². The highest BCUT2D eigenvalue weighted by Crippen LogP contribution is 2.16. The van der Waals surface area contributed by atoms with E-state index in [0.29, 0.717) is 6.26 Å². The van der Waals surface area contributed by atoms with E-state index in [1.165, 1.54) is 12.1 Å². The first kappa shape index (κ1) is 8.33. The minimum atomic E-state index is -0.421. The van der Waals surface area contributed by atoms with E-state index in [4.69, 9.17) is 5.11 Å². The van der Waals surface area contributed by atoms with Gasteiger partial charge < -0.3 is 10.2 Å². The molecular weight excluding hydrogens is 156 g/mol. The van der Waals surface area contributed by atoms with Crippen LogP contribution in [0.2, 0.25) is 0 Å². The van der Waals surface area contributed by atoms with Crippen molar-refractivity contribution in [2.75, 3.05) is 0 Å². The minimum Gasteiger partial charge on any atom is -0.515 e. The molecule has 0 heterocycles. The first-order chi connectivity index (χ1) is 5.75. The molecule has 12 heavy (non-hydrogen) atoms. The summed E-state index contributed by atoms with van der Waals surface area (Å²) in [5.74, 6) is -0.504. The molecule has 3 heteroatoms. The highest BCUT2D eigenvalue weighted by molar-refractivity contribution is 6.06. The third kappa shape index (κ3) is 1.63. The molecule has 0 bridgehead atoms. The number of hydrogen-bond acceptors (Lipinski definition) is 3. The quantitative estimate of drug-likeness (QED) is 0.397. The topological polar surface area (TPSA) is 57.5 Å². The zero-order valence-electron chi connectivity index (χ0n) is 6.27. The number of hydrogen-bond donors (Lipinski definition) is 2. The Balaban J connectivity index is 3.03. The molecule has 62 valence electrons. The number of rotatable bonds is 2. The van der Waals surface area contributed by atoms with Crippen LogP contribution in [0.15, 0.2) is 36.6 Å². The number of benzene rings is 1. The second-order valence-corrected chi connectivity index (χ2v) is 2.20. The maximum atomic E-state index is 11.1. The summed E-state index contributed by atoms with van der Waals surface area (Å²) < 4.78 is 0. The van der Waals surface area contributed by atoms with Gasteiger partial charge in [-0.1, -0.05) is 12.1 Å². The monoisotopic (exact) mass is 164 g/mol. The van der Waals surface area contributed by atoms with Gasteiger partial charge in [0.1, 0.15) is 5.75 Å². The summed E-state index contributed by atoms with van der Waals surface area (Å²) in [6.45, 7) is 0. The summed E-state index contributed by atoms with van der Waals surface area (Å²) in [6.07, 6.45) is 1.63. The van der Waals surface area contributed by atoms with Gasteiger partial charge in [0.25, 0.3) is 0 Å². The second-order valence-electron chi connectivity index (χ2n) is 2.20. The molecule has 0 atom stereocenters. The summed E-state index contributed by atoms with van der Waals surface area (Å²) in [6, 6.07) is 6.16. The van der Waals surface area contributed by atoms with Crippen molar-refractivity contribution >= 4 is 5.78 Å². The van der Waals surface area contributed by atoms with Crippen molar-refractivity contribution in [1.29, 1.82) is 0 Å². The maximum Gasteiger partial charge on any atom is 0.192 e. The molecule has 3 nitrogen and oxygen atoms in total. The van der Waals surface area contributed by atoms with E-state index in [9.17, 15) is 9.90 Å². The predicted molar refractivity (Wildman–Crippen MR) is 44.2 cm³/mol. The van der Waals surface area contributed by atoms with Crippen LogP contribution in [0.25, 0.3) is 0 Å². The largest absolute Gasteiger partial charge is 0.515 e. The molecular formula is C9H8O3. The number of aliphatic hydroxyl groups is 1. The van der Waals surface area contributed by atoms with Gasteiger partial charge in [-0.2, -0.15) is 0 Å². The zero-order chi connectivity index (χ0) is 8.97. The van der Waals surface area contributed by atoms with Crippen LogP contribution in [-0.4, -0.2) is 16.0 Å². The third-order valence-corrected chi connectivity index (χ3v) is 1.40. The van der Waals surface area contributed by atoms with Gasteiger partial charge in [-0.25, -0.2) is 0 Å². The number of ketones is 1. The predicted octanol–water partition coefficient (Wildman–Crippen LogP) is 1.65. The smallest absolute Gasteiger partial charge is 0.192 e. The van der Waals surface area contributed by atoms with Crippen LogP contribution >= 0.6 is 0 Å². The Hall–Kier alpha value is -1.77. The number of phenols is 1. The molecule has 0 spiro atoms. The van der Waals surface area contributed by atoms with Gasteiger partial charge in [-0.15, -0.1) is 0 Å². The van der Waals surface area contributed by atoms with Gasteiger partial charge in [-0.3, -0.25) is 4.79 Å². The molecule has 0 aliphatic carbocycles. The molecule has 0 radical (unpaired) electrons. The molecule has 0 amide bonds. The molecule has 0 aromatic heterocycles. The summed E-state index contributed by atoms with van der Waals surface area (Å²) in [5, 5.41) is 17.5. The lowest BCUT2D eigenvalue weighted by Crippen LogP contribution is -1.93. The highest BCUT2D eigenvalue weighted by Gasteiger charge is 2.05. The van der Waals surface area contributed by atoms with Crippen molar-refractivity contribution in [2.24, 2.45) is 0 Å². The minimum absolute atomic E-state index is 0.0828. The number of para-hydroxylation sites is 1. The van der Waals surface area contributed by atoms with Crippen LogP contribution in [-0.2, 0) is 0 Å². The lowest BCUT2D eigenvalue weighted by atomic mass is 10.1. The molecule has 0 unspecified atom stereocenters. The van der Waals surface area contributed by atoms with Gasteiger partial charge in [0, 0.05) is 6.08 Å². The molecule has 0 aliphatic rings. The molecule has 2 N–H and O–H groups in total. The number of carbonyl (C=O) groups excluding carboxylic acids is 1. The number of aliphatic hydroxyl groups excluding tert-OH is 1. The van der Waals surface area contributed by atoms with E-state index in [1.54, 1.807) is 12.1 Å². The maximum absolute atomic E-state index is 11.1. The van der Waals surface area contributed by atoms with Gasteiger partial charge in [0.05, 0.1) is 11.8 Å². The lowest BCUT2D eigenvalue weighted by molar-refractivity contribution is 0.104. The first-order valence-corrected chi connectivity index (χ1v) is 3.39. The highest BCUT2D eigenvalue weighted by atomic mass is 16.3. The van der Waals surface area contributed by atoms with Crippen molar-refractivity contribution in [3.05, 3.63) is 42.2 Å². The molecule has 1 aromatic rings. The number of carbonyl (C=O) groups is 1. The Morgan fingerprint density at radius 1 is 1.33 bits per heavy atom. The average molecular weight is 164 g/mol. The molecule has 1 aromatic carbocycles. The molecule has 0 aliphatic heterocycles. The third-order valence-electron chi connectivity index (χ3n) is 1.40. The number of allylic oxidation sites excluding steroid dienone is 1. The van der Waals surface area contributed by atoms with E-state index in [-0.39, 0.29) is 11.3 Å². The standard InChI is InChI=1S/C9H8O3/c10-6-5-9(12)7-3-1-2-4-8(7)11/h1-6,10-11H. The van der Waals surface area contributed by atoms with Crippen molar-refractivity contribution in [1.82, 2.24) is 0 Å². The van der Waals surface area contributed by atoms with Gasteiger partial charge in [0.2, 0.25) is 0 Å². The molecule has 0 fully saturated rings. The van der Waals surface area contributed by atoms with Crippen molar-refractivity contribution in [3.8, 4) is 5.75 Å². The lowest BCUT2D eigenvalue weighted by Gasteiger charge is -1.97.